The third kappa shape index (κ3) is 3.70. The highest BCUT2D eigenvalue weighted by Gasteiger charge is 2.07. The Bertz CT molecular complexity index is 542. The molecule has 0 amide bonds. The topological polar surface area (TPSA) is 39.1 Å². The van der Waals surface area contributed by atoms with E-state index in [4.69, 9.17) is 27.9 Å². The Balaban J connectivity index is 2.06. The van der Waals surface area contributed by atoms with Gasteiger partial charge in [0.1, 0.15) is 0 Å². The van der Waals surface area contributed by atoms with Crippen LogP contribution in [0.25, 0.3) is 5.69 Å². The summed E-state index contributed by atoms with van der Waals surface area (Å²) in [6, 6.07) is 7.42. The van der Waals surface area contributed by atoms with Gasteiger partial charge >= 0.3 is 0 Å². The first-order valence-electron chi connectivity index (χ1n) is 5.91. The predicted molar refractivity (Wildman–Crippen MR) is 77.2 cm³/mol. The normalized spacial score (nSPS) is 10.9. The number of methoxy groups -OCH3 is 1. The first-order chi connectivity index (χ1) is 9.22. The van der Waals surface area contributed by atoms with Gasteiger partial charge in [0, 0.05) is 26.4 Å². The van der Waals surface area contributed by atoms with Crippen LogP contribution in [-0.4, -0.2) is 30.0 Å². The fourth-order valence-electron chi connectivity index (χ4n) is 1.65. The lowest BCUT2D eigenvalue weighted by molar-refractivity contribution is 0.199. The zero-order chi connectivity index (χ0) is 13.7. The molecule has 1 aromatic carbocycles. The highest BCUT2D eigenvalue weighted by atomic mass is 35.5. The number of hydrogen-bond acceptors (Lipinski definition) is 3. The van der Waals surface area contributed by atoms with E-state index in [1.807, 2.05) is 24.4 Å². The van der Waals surface area contributed by atoms with Crippen molar-refractivity contribution in [1.82, 2.24) is 15.1 Å². The molecule has 0 aliphatic heterocycles. The molecule has 0 fully saturated rings. The average molecular weight is 300 g/mol. The van der Waals surface area contributed by atoms with E-state index in [2.05, 4.69) is 10.4 Å². The van der Waals surface area contributed by atoms with Gasteiger partial charge in [0.15, 0.2) is 0 Å². The second-order valence-corrected chi connectivity index (χ2v) is 4.78. The van der Waals surface area contributed by atoms with Crippen LogP contribution in [0, 0.1) is 0 Å². The number of aromatic nitrogens is 2. The van der Waals surface area contributed by atoms with E-state index in [1.54, 1.807) is 17.9 Å². The van der Waals surface area contributed by atoms with E-state index < -0.39 is 0 Å². The van der Waals surface area contributed by atoms with Crippen molar-refractivity contribution in [3.8, 4) is 5.69 Å². The molecule has 19 heavy (non-hydrogen) atoms. The predicted octanol–water partition coefficient (Wildman–Crippen LogP) is 2.92. The molecule has 1 heterocycles. The van der Waals surface area contributed by atoms with Crippen LogP contribution in [-0.2, 0) is 11.3 Å². The van der Waals surface area contributed by atoms with Gasteiger partial charge in [-0.1, -0.05) is 29.3 Å². The summed E-state index contributed by atoms with van der Waals surface area (Å²) in [5, 5.41) is 8.71. The van der Waals surface area contributed by atoms with Gasteiger partial charge in [-0.25, -0.2) is 4.68 Å². The van der Waals surface area contributed by atoms with Gasteiger partial charge in [0.25, 0.3) is 0 Å². The second-order valence-electron chi connectivity index (χ2n) is 3.99. The molecule has 6 heteroatoms. The molecule has 0 saturated carbocycles. The minimum atomic E-state index is 0.506. The molecule has 0 saturated heterocycles. The van der Waals surface area contributed by atoms with Crippen LogP contribution < -0.4 is 5.32 Å². The molecule has 0 radical (unpaired) electrons. The molecule has 0 atom stereocenters. The Morgan fingerprint density at radius 3 is 2.95 bits per heavy atom. The van der Waals surface area contributed by atoms with E-state index in [-0.39, 0.29) is 0 Å². The third-order valence-corrected chi connectivity index (χ3v) is 3.42. The molecule has 0 unspecified atom stereocenters. The van der Waals surface area contributed by atoms with Crippen LogP contribution >= 0.6 is 23.2 Å². The van der Waals surface area contributed by atoms with E-state index in [1.165, 1.54) is 0 Å². The number of benzene rings is 1. The molecule has 0 spiro atoms. The first-order valence-corrected chi connectivity index (χ1v) is 6.66. The summed E-state index contributed by atoms with van der Waals surface area (Å²) < 4.78 is 6.69. The van der Waals surface area contributed by atoms with Gasteiger partial charge in [0.2, 0.25) is 0 Å². The molecular formula is C13H15Cl2N3O. The van der Waals surface area contributed by atoms with Gasteiger partial charge in [-0.05, 0) is 18.2 Å². The quantitative estimate of drug-likeness (QED) is 0.834. The van der Waals surface area contributed by atoms with Crippen LogP contribution in [0.5, 0.6) is 0 Å². The molecule has 102 valence electrons. The molecule has 0 aliphatic carbocycles. The Morgan fingerprint density at radius 2 is 2.16 bits per heavy atom. The summed E-state index contributed by atoms with van der Waals surface area (Å²) in [6.45, 7) is 2.16. The van der Waals surface area contributed by atoms with Crippen molar-refractivity contribution in [1.29, 1.82) is 0 Å². The summed E-state index contributed by atoms with van der Waals surface area (Å²) in [5.74, 6) is 0. The maximum absolute atomic E-state index is 6.16. The van der Waals surface area contributed by atoms with Gasteiger partial charge in [-0.2, -0.15) is 5.10 Å². The van der Waals surface area contributed by atoms with Gasteiger partial charge in [0.05, 0.1) is 28.0 Å². The van der Waals surface area contributed by atoms with E-state index in [0.717, 1.165) is 17.9 Å². The number of ether oxygens (including phenoxy) is 1. The number of nitrogens with one attached hydrogen (secondary N) is 1. The van der Waals surface area contributed by atoms with Gasteiger partial charge in [-0.3, -0.25) is 0 Å². The second kappa shape index (κ2) is 6.91. The van der Waals surface area contributed by atoms with E-state index in [9.17, 15) is 0 Å². The van der Waals surface area contributed by atoms with E-state index in [0.29, 0.717) is 23.2 Å². The fraction of sp³-hybridized carbons (Fsp3) is 0.308. The lowest BCUT2D eigenvalue weighted by atomic mass is 10.3. The van der Waals surface area contributed by atoms with Crippen molar-refractivity contribution in [2.45, 2.75) is 6.54 Å². The van der Waals surface area contributed by atoms with Crippen molar-refractivity contribution in [2.24, 2.45) is 0 Å². The summed E-state index contributed by atoms with van der Waals surface area (Å²) in [5.41, 5.74) is 1.71. The minimum absolute atomic E-state index is 0.506. The highest BCUT2D eigenvalue weighted by Crippen LogP contribution is 2.27. The van der Waals surface area contributed by atoms with Crippen LogP contribution in [0.3, 0.4) is 0 Å². The molecule has 1 aromatic heterocycles. The monoisotopic (exact) mass is 299 g/mol. The summed E-state index contributed by atoms with van der Waals surface area (Å²) >= 11 is 12.1. The lowest BCUT2D eigenvalue weighted by Crippen LogP contribution is -2.18. The molecule has 0 aliphatic rings. The smallest absolute Gasteiger partial charge is 0.0849 e. The van der Waals surface area contributed by atoms with Crippen molar-refractivity contribution in [2.75, 3.05) is 20.3 Å². The van der Waals surface area contributed by atoms with Crippen LogP contribution in [0.4, 0.5) is 0 Å². The van der Waals surface area contributed by atoms with Crippen molar-refractivity contribution >= 4 is 23.2 Å². The Hall–Kier alpha value is -1.07. The first kappa shape index (κ1) is 14.3. The Kier molecular flexibility index (Phi) is 5.22. The van der Waals surface area contributed by atoms with Crippen LogP contribution in [0.15, 0.2) is 30.5 Å². The van der Waals surface area contributed by atoms with E-state index >= 15 is 0 Å². The molecule has 1 N–H and O–H groups in total. The van der Waals surface area contributed by atoms with Crippen LogP contribution in [0.1, 0.15) is 5.69 Å². The van der Waals surface area contributed by atoms with Crippen molar-refractivity contribution in [3.63, 3.8) is 0 Å². The summed E-state index contributed by atoms with van der Waals surface area (Å²) in [7, 11) is 1.68. The largest absolute Gasteiger partial charge is 0.383 e. The Morgan fingerprint density at radius 1 is 1.32 bits per heavy atom. The summed E-state index contributed by atoms with van der Waals surface area (Å²) in [4.78, 5) is 0. The Labute approximate surface area is 122 Å². The highest BCUT2D eigenvalue weighted by molar-refractivity contribution is 6.43. The standard InChI is InChI=1S/C13H15Cl2N3O/c1-19-8-6-16-9-10-5-7-18(17-10)12-4-2-3-11(14)13(12)15/h2-5,7,16H,6,8-9H2,1H3. The SMILES string of the molecule is COCCNCc1ccn(-c2cccc(Cl)c2Cl)n1. The molecular weight excluding hydrogens is 285 g/mol. The van der Waals surface area contributed by atoms with Gasteiger partial charge < -0.3 is 10.1 Å². The molecule has 2 rings (SSSR count). The number of halogens is 2. The number of rotatable bonds is 6. The van der Waals surface area contributed by atoms with Crippen LogP contribution in [0.2, 0.25) is 10.0 Å². The minimum Gasteiger partial charge on any atom is -0.383 e. The fourth-order valence-corrected chi connectivity index (χ4v) is 2.03. The van der Waals surface area contributed by atoms with Gasteiger partial charge in [-0.15, -0.1) is 0 Å². The number of hydrogen-bond donors (Lipinski definition) is 1. The average Bonchev–Trinajstić information content (AvgIpc) is 2.87. The van der Waals surface area contributed by atoms with Crippen molar-refractivity contribution in [3.05, 3.63) is 46.2 Å². The van der Waals surface area contributed by atoms with Crippen molar-refractivity contribution < 1.29 is 4.74 Å². The maximum Gasteiger partial charge on any atom is 0.0849 e. The third-order valence-electron chi connectivity index (χ3n) is 2.61. The molecule has 0 bridgehead atoms. The maximum atomic E-state index is 6.16. The molecule has 2 aromatic rings. The molecule has 4 nitrogen and oxygen atoms in total. The lowest BCUT2D eigenvalue weighted by Gasteiger charge is -2.05. The zero-order valence-electron chi connectivity index (χ0n) is 10.6. The zero-order valence-corrected chi connectivity index (χ0v) is 12.1. The summed E-state index contributed by atoms with van der Waals surface area (Å²) in [6.07, 6.45) is 1.87. The number of nitrogens with zero attached hydrogens (tertiary/aromatic N) is 2.